The zero-order chi connectivity index (χ0) is 7.84. The molecule has 0 aromatic heterocycles. The average Bonchev–Trinajstić information content (AvgIpc) is 2.32. The van der Waals surface area contributed by atoms with Gasteiger partial charge >= 0.3 is 0 Å². The maximum absolute atomic E-state index is 11.1. The van der Waals surface area contributed by atoms with Crippen molar-refractivity contribution in [2.75, 3.05) is 6.54 Å². The first-order valence-electron chi connectivity index (χ1n) is 4.23. The summed E-state index contributed by atoms with van der Waals surface area (Å²) in [5, 5.41) is 12.1. The van der Waals surface area contributed by atoms with Crippen molar-refractivity contribution < 1.29 is 9.90 Å². The average molecular weight is 155 g/mol. The second-order valence-corrected chi connectivity index (χ2v) is 3.58. The van der Waals surface area contributed by atoms with E-state index in [1.807, 2.05) is 0 Å². The van der Waals surface area contributed by atoms with Crippen LogP contribution in [0.4, 0.5) is 0 Å². The van der Waals surface area contributed by atoms with Crippen LogP contribution in [0.25, 0.3) is 0 Å². The Balaban J connectivity index is 2.06. The van der Waals surface area contributed by atoms with Gasteiger partial charge in [-0.3, -0.25) is 4.79 Å². The minimum atomic E-state index is -0.163. The lowest BCUT2D eigenvalue weighted by molar-refractivity contribution is -0.124. The maximum Gasteiger partial charge on any atom is 0.223 e. The van der Waals surface area contributed by atoms with Gasteiger partial charge in [0.2, 0.25) is 5.91 Å². The smallest absolute Gasteiger partial charge is 0.223 e. The predicted molar refractivity (Wildman–Crippen MR) is 39.8 cm³/mol. The highest BCUT2D eigenvalue weighted by molar-refractivity contribution is 5.81. The second kappa shape index (κ2) is 2.48. The van der Waals surface area contributed by atoms with Crippen molar-refractivity contribution in [2.45, 2.75) is 25.4 Å². The SMILES string of the molecule is O=C1NC[C@@H]2C[C@@H](O)CC[C@H]12. The van der Waals surface area contributed by atoms with Crippen LogP contribution in [-0.4, -0.2) is 23.7 Å². The summed E-state index contributed by atoms with van der Waals surface area (Å²) in [6.45, 7) is 0.778. The number of carbonyl (C=O) groups excluding carboxylic acids is 1. The molecular formula is C8H13NO2. The van der Waals surface area contributed by atoms with E-state index in [0.717, 1.165) is 25.8 Å². The summed E-state index contributed by atoms with van der Waals surface area (Å²) in [7, 11) is 0. The van der Waals surface area contributed by atoms with Crippen LogP contribution in [0.3, 0.4) is 0 Å². The number of rotatable bonds is 0. The van der Waals surface area contributed by atoms with Gasteiger partial charge in [0.1, 0.15) is 0 Å². The zero-order valence-electron chi connectivity index (χ0n) is 6.42. The summed E-state index contributed by atoms with van der Waals surface area (Å²) in [5.41, 5.74) is 0. The molecule has 2 N–H and O–H groups in total. The number of aliphatic hydroxyl groups is 1. The lowest BCUT2D eigenvalue weighted by atomic mass is 9.80. The van der Waals surface area contributed by atoms with Crippen LogP contribution in [-0.2, 0) is 4.79 Å². The molecule has 0 aromatic carbocycles. The van der Waals surface area contributed by atoms with E-state index in [2.05, 4.69) is 5.32 Å². The quantitative estimate of drug-likeness (QED) is 0.513. The number of hydrogen-bond donors (Lipinski definition) is 2. The van der Waals surface area contributed by atoms with E-state index in [1.165, 1.54) is 0 Å². The molecule has 62 valence electrons. The van der Waals surface area contributed by atoms with Crippen LogP contribution in [0.5, 0.6) is 0 Å². The van der Waals surface area contributed by atoms with Crippen molar-refractivity contribution in [3.05, 3.63) is 0 Å². The molecule has 1 amide bonds. The van der Waals surface area contributed by atoms with E-state index in [9.17, 15) is 9.90 Å². The van der Waals surface area contributed by atoms with Gasteiger partial charge in [0.15, 0.2) is 0 Å². The van der Waals surface area contributed by atoms with Crippen molar-refractivity contribution in [1.82, 2.24) is 5.32 Å². The number of carbonyl (C=O) groups is 1. The van der Waals surface area contributed by atoms with Crippen LogP contribution in [0, 0.1) is 11.8 Å². The highest BCUT2D eigenvalue weighted by Crippen LogP contribution is 2.33. The van der Waals surface area contributed by atoms with Gasteiger partial charge in [-0.15, -0.1) is 0 Å². The lowest BCUT2D eigenvalue weighted by Gasteiger charge is -2.26. The molecule has 11 heavy (non-hydrogen) atoms. The highest BCUT2D eigenvalue weighted by atomic mass is 16.3. The molecule has 0 spiro atoms. The maximum atomic E-state index is 11.1. The van der Waals surface area contributed by atoms with Crippen molar-refractivity contribution in [2.24, 2.45) is 11.8 Å². The summed E-state index contributed by atoms with van der Waals surface area (Å²) in [6, 6.07) is 0. The molecule has 2 aliphatic rings. The topological polar surface area (TPSA) is 49.3 Å². The van der Waals surface area contributed by atoms with Gasteiger partial charge in [-0.2, -0.15) is 0 Å². The molecule has 1 aliphatic carbocycles. The standard InChI is InChI=1S/C8H13NO2/c10-6-1-2-7-5(3-6)4-9-8(7)11/h5-7,10H,1-4H2,(H,9,11)/t5-,6-,7-/m0/s1. The Hall–Kier alpha value is -0.570. The Kier molecular flexibility index (Phi) is 1.60. The highest BCUT2D eigenvalue weighted by Gasteiger charge is 2.38. The van der Waals surface area contributed by atoms with Gasteiger partial charge in [-0.05, 0) is 25.2 Å². The first-order chi connectivity index (χ1) is 5.27. The predicted octanol–water partition coefficient (Wildman–Crippen LogP) is -0.107. The van der Waals surface area contributed by atoms with Gasteiger partial charge in [0.05, 0.1) is 6.10 Å². The van der Waals surface area contributed by atoms with Crippen molar-refractivity contribution in [3.63, 3.8) is 0 Å². The molecule has 1 saturated carbocycles. The van der Waals surface area contributed by atoms with E-state index in [1.54, 1.807) is 0 Å². The Labute approximate surface area is 65.8 Å². The molecule has 0 bridgehead atoms. The summed E-state index contributed by atoms with van der Waals surface area (Å²) in [6.07, 6.45) is 2.32. The van der Waals surface area contributed by atoms with Gasteiger partial charge in [0.25, 0.3) is 0 Å². The third-order valence-corrected chi connectivity index (χ3v) is 2.83. The number of fused-ring (bicyclic) bond motifs is 1. The fourth-order valence-electron chi connectivity index (χ4n) is 2.17. The Morgan fingerprint density at radius 3 is 3.09 bits per heavy atom. The van der Waals surface area contributed by atoms with E-state index in [-0.39, 0.29) is 17.9 Å². The minimum absolute atomic E-state index is 0.163. The number of nitrogens with one attached hydrogen (secondary N) is 1. The van der Waals surface area contributed by atoms with E-state index >= 15 is 0 Å². The fraction of sp³-hybridized carbons (Fsp3) is 0.875. The fourth-order valence-corrected chi connectivity index (χ4v) is 2.17. The molecule has 3 nitrogen and oxygen atoms in total. The molecule has 0 unspecified atom stereocenters. The normalized spacial score (nSPS) is 43.4. The second-order valence-electron chi connectivity index (χ2n) is 3.58. The van der Waals surface area contributed by atoms with Gasteiger partial charge in [-0.25, -0.2) is 0 Å². The first-order valence-corrected chi connectivity index (χ1v) is 4.23. The molecule has 0 radical (unpaired) electrons. The number of hydrogen-bond acceptors (Lipinski definition) is 2. The molecule has 1 aliphatic heterocycles. The van der Waals surface area contributed by atoms with Crippen molar-refractivity contribution >= 4 is 5.91 Å². The van der Waals surface area contributed by atoms with Crippen LogP contribution < -0.4 is 5.32 Å². The largest absolute Gasteiger partial charge is 0.393 e. The van der Waals surface area contributed by atoms with Crippen molar-refractivity contribution in [1.29, 1.82) is 0 Å². The molecule has 2 rings (SSSR count). The molecular weight excluding hydrogens is 142 g/mol. The Morgan fingerprint density at radius 2 is 2.27 bits per heavy atom. The summed E-state index contributed by atoms with van der Waals surface area (Å²) < 4.78 is 0. The molecule has 3 heteroatoms. The van der Waals surface area contributed by atoms with Crippen LogP contribution in [0.1, 0.15) is 19.3 Å². The van der Waals surface area contributed by atoms with E-state index in [0.29, 0.717) is 5.92 Å². The van der Waals surface area contributed by atoms with Gasteiger partial charge in [-0.1, -0.05) is 0 Å². The minimum Gasteiger partial charge on any atom is -0.393 e. The number of aliphatic hydroxyl groups excluding tert-OH is 1. The Morgan fingerprint density at radius 1 is 1.45 bits per heavy atom. The van der Waals surface area contributed by atoms with Crippen LogP contribution in [0.2, 0.25) is 0 Å². The molecule has 0 aromatic rings. The van der Waals surface area contributed by atoms with Crippen LogP contribution in [0.15, 0.2) is 0 Å². The van der Waals surface area contributed by atoms with E-state index in [4.69, 9.17) is 0 Å². The van der Waals surface area contributed by atoms with Gasteiger partial charge < -0.3 is 10.4 Å². The number of amides is 1. The Bertz CT molecular complexity index is 181. The lowest BCUT2D eigenvalue weighted by Crippen LogP contribution is -2.28. The molecule has 3 atom stereocenters. The van der Waals surface area contributed by atoms with Crippen molar-refractivity contribution in [3.8, 4) is 0 Å². The third kappa shape index (κ3) is 1.13. The first kappa shape index (κ1) is 7.10. The summed E-state index contributed by atoms with van der Waals surface area (Å²) in [4.78, 5) is 11.1. The molecule has 1 saturated heterocycles. The summed E-state index contributed by atoms with van der Waals surface area (Å²) >= 11 is 0. The van der Waals surface area contributed by atoms with Gasteiger partial charge in [0, 0.05) is 12.5 Å². The third-order valence-electron chi connectivity index (χ3n) is 2.83. The van der Waals surface area contributed by atoms with Crippen LogP contribution >= 0.6 is 0 Å². The molecule has 1 heterocycles. The zero-order valence-corrected chi connectivity index (χ0v) is 6.42. The molecule has 2 fully saturated rings. The van der Waals surface area contributed by atoms with E-state index < -0.39 is 0 Å². The monoisotopic (exact) mass is 155 g/mol. The summed E-state index contributed by atoms with van der Waals surface area (Å²) in [5.74, 6) is 0.812.